The minimum absolute atomic E-state index is 1.09. The van der Waals surface area contributed by atoms with Gasteiger partial charge in [-0.25, -0.2) is 0 Å². The average molecular weight is 789 g/mol. The summed E-state index contributed by atoms with van der Waals surface area (Å²) in [5.74, 6) is 0. The zero-order valence-corrected chi connectivity index (χ0v) is 34.0. The molecule has 0 saturated carbocycles. The van der Waals surface area contributed by atoms with Gasteiger partial charge in [0.15, 0.2) is 0 Å². The molecule has 0 aliphatic carbocycles. The fraction of sp³-hybridized carbons (Fsp3) is 0. The van der Waals surface area contributed by atoms with Crippen molar-refractivity contribution >= 4 is 71.2 Å². The smallest absolute Gasteiger partial charge is 0.0541 e. The molecular formula is C60H40N2. The van der Waals surface area contributed by atoms with E-state index in [-0.39, 0.29) is 0 Å². The SMILES string of the molecule is c1ccc2cc(-c3ccc(-c4ccc(N(c5ccc(-c6cc7ccccc7c7ccccc67)cc5)c5ccc(-n6c7ccccc7c7ccccc76)cc5)cc4)cc3)ccc2c1. The minimum Gasteiger partial charge on any atom is -0.311 e. The van der Waals surface area contributed by atoms with Crippen LogP contribution in [0.5, 0.6) is 0 Å². The summed E-state index contributed by atoms with van der Waals surface area (Å²) in [6.45, 7) is 0. The van der Waals surface area contributed by atoms with Crippen LogP contribution in [-0.2, 0) is 0 Å². The minimum atomic E-state index is 1.09. The summed E-state index contributed by atoms with van der Waals surface area (Å²) >= 11 is 0. The number of hydrogen-bond donors (Lipinski definition) is 0. The Morgan fingerprint density at radius 1 is 0.258 bits per heavy atom. The van der Waals surface area contributed by atoms with E-state index in [0.717, 1.165) is 22.7 Å². The molecular weight excluding hydrogens is 749 g/mol. The summed E-state index contributed by atoms with van der Waals surface area (Å²) < 4.78 is 2.38. The van der Waals surface area contributed by atoms with Crippen LogP contribution >= 0.6 is 0 Å². The monoisotopic (exact) mass is 788 g/mol. The average Bonchev–Trinajstić information content (AvgIpc) is 3.69. The molecule has 0 aliphatic heterocycles. The molecule has 0 unspecified atom stereocenters. The molecule has 12 aromatic rings. The summed E-state index contributed by atoms with van der Waals surface area (Å²) in [6.07, 6.45) is 0. The van der Waals surface area contributed by atoms with Gasteiger partial charge in [0.05, 0.1) is 11.0 Å². The lowest BCUT2D eigenvalue weighted by Gasteiger charge is -2.26. The highest BCUT2D eigenvalue weighted by atomic mass is 15.1. The first-order chi connectivity index (χ1) is 30.7. The second kappa shape index (κ2) is 14.8. The molecule has 290 valence electrons. The van der Waals surface area contributed by atoms with Crippen molar-refractivity contribution in [1.82, 2.24) is 4.57 Å². The third-order valence-electron chi connectivity index (χ3n) is 12.6. The molecule has 0 radical (unpaired) electrons. The molecule has 0 spiro atoms. The Hall–Kier alpha value is -8.20. The van der Waals surface area contributed by atoms with Crippen LogP contribution in [0.4, 0.5) is 17.1 Å². The molecule has 0 amide bonds. The van der Waals surface area contributed by atoms with E-state index in [9.17, 15) is 0 Å². The highest BCUT2D eigenvalue weighted by Gasteiger charge is 2.17. The van der Waals surface area contributed by atoms with E-state index in [1.807, 2.05) is 0 Å². The van der Waals surface area contributed by atoms with E-state index < -0.39 is 0 Å². The third-order valence-corrected chi connectivity index (χ3v) is 12.6. The number of para-hydroxylation sites is 2. The van der Waals surface area contributed by atoms with Crippen LogP contribution in [0.3, 0.4) is 0 Å². The van der Waals surface area contributed by atoms with Gasteiger partial charge in [0.2, 0.25) is 0 Å². The Balaban J connectivity index is 0.925. The van der Waals surface area contributed by atoms with Gasteiger partial charge in [-0.3, -0.25) is 0 Å². The molecule has 0 N–H and O–H groups in total. The maximum Gasteiger partial charge on any atom is 0.0541 e. The Bertz CT molecular complexity index is 3540. The number of rotatable bonds is 7. The summed E-state index contributed by atoms with van der Waals surface area (Å²) in [7, 11) is 0. The van der Waals surface area contributed by atoms with Gasteiger partial charge in [0.1, 0.15) is 0 Å². The number of benzene rings is 11. The molecule has 0 aliphatic rings. The van der Waals surface area contributed by atoms with Crippen molar-refractivity contribution < 1.29 is 0 Å². The summed E-state index contributed by atoms with van der Waals surface area (Å²) in [6, 6.07) is 88.4. The van der Waals surface area contributed by atoms with Crippen LogP contribution < -0.4 is 4.90 Å². The molecule has 0 atom stereocenters. The Morgan fingerprint density at radius 2 is 0.677 bits per heavy atom. The highest BCUT2D eigenvalue weighted by Crippen LogP contribution is 2.41. The quantitative estimate of drug-likeness (QED) is 0.146. The van der Waals surface area contributed by atoms with Crippen molar-refractivity contribution in [3.8, 4) is 39.1 Å². The zero-order chi connectivity index (χ0) is 41.0. The molecule has 2 nitrogen and oxygen atoms in total. The van der Waals surface area contributed by atoms with Crippen LogP contribution in [0.2, 0.25) is 0 Å². The number of aromatic nitrogens is 1. The third kappa shape index (κ3) is 6.12. The molecule has 1 heterocycles. The fourth-order valence-electron chi connectivity index (χ4n) is 9.51. The number of anilines is 3. The van der Waals surface area contributed by atoms with E-state index in [0.29, 0.717) is 0 Å². The predicted octanol–water partition coefficient (Wildman–Crippen LogP) is 16.7. The zero-order valence-electron chi connectivity index (χ0n) is 34.0. The topological polar surface area (TPSA) is 8.17 Å². The van der Waals surface area contributed by atoms with Gasteiger partial charge in [0, 0.05) is 33.5 Å². The second-order valence-electron chi connectivity index (χ2n) is 16.1. The Kier molecular flexibility index (Phi) is 8.53. The van der Waals surface area contributed by atoms with Gasteiger partial charge in [-0.2, -0.15) is 0 Å². The maximum absolute atomic E-state index is 2.38. The van der Waals surface area contributed by atoms with Crippen molar-refractivity contribution in [2.24, 2.45) is 0 Å². The molecule has 62 heavy (non-hydrogen) atoms. The van der Waals surface area contributed by atoms with E-state index in [4.69, 9.17) is 0 Å². The molecule has 2 heteroatoms. The van der Waals surface area contributed by atoms with Crippen LogP contribution in [-0.4, -0.2) is 4.57 Å². The van der Waals surface area contributed by atoms with Gasteiger partial charge in [-0.15, -0.1) is 0 Å². The summed E-state index contributed by atoms with van der Waals surface area (Å²) in [5.41, 5.74) is 14.1. The Morgan fingerprint density at radius 3 is 1.29 bits per heavy atom. The molecule has 12 rings (SSSR count). The number of nitrogens with zero attached hydrogens (tertiary/aromatic N) is 2. The first kappa shape index (κ1) is 35.7. The van der Waals surface area contributed by atoms with Gasteiger partial charge in [-0.1, -0.05) is 170 Å². The van der Waals surface area contributed by atoms with E-state index in [1.54, 1.807) is 0 Å². The molecule has 1 aromatic heterocycles. The summed E-state index contributed by atoms with van der Waals surface area (Å²) in [4.78, 5) is 2.37. The van der Waals surface area contributed by atoms with Gasteiger partial charge in [0.25, 0.3) is 0 Å². The first-order valence-corrected chi connectivity index (χ1v) is 21.3. The lowest BCUT2D eigenvalue weighted by atomic mass is 9.93. The van der Waals surface area contributed by atoms with Crippen LogP contribution in [0, 0.1) is 0 Å². The van der Waals surface area contributed by atoms with E-state index in [1.165, 1.54) is 87.5 Å². The van der Waals surface area contributed by atoms with Crippen LogP contribution in [0.25, 0.3) is 93.2 Å². The van der Waals surface area contributed by atoms with Gasteiger partial charge in [-0.05, 0) is 138 Å². The van der Waals surface area contributed by atoms with E-state index in [2.05, 4.69) is 252 Å². The molecule has 0 saturated heterocycles. The van der Waals surface area contributed by atoms with Crippen molar-refractivity contribution in [3.63, 3.8) is 0 Å². The lowest BCUT2D eigenvalue weighted by Crippen LogP contribution is -2.10. The maximum atomic E-state index is 2.38. The van der Waals surface area contributed by atoms with Crippen LogP contribution in [0.1, 0.15) is 0 Å². The molecule has 0 fully saturated rings. The predicted molar refractivity (Wildman–Crippen MR) is 264 cm³/mol. The fourth-order valence-corrected chi connectivity index (χ4v) is 9.51. The molecule has 0 bridgehead atoms. The largest absolute Gasteiger partial charge is 0.311 e. The first-order valence-electron chi connectivity index (χ1n) is 21.3. The lowest BCUT2D eigenvalue weighted by molar-refractivity contribution is 1.17. The number of hydrogen-bond acceptors (Lipinski definition) is 1. The van der Waals surface area contributed by atoms with Crippen LogP contribution in [0.15, 0.2) is 243 Å². The second-order valence-corrected chi connectivity index (χ2v) is 16.1. The van der Waals surface area contributed by atoms with Crippen molar-refractivity contribution in [3.05, 3.63) is 243 Å². The Labute approximate surface area is 360 Å². The molecule has 11 aromatic carbocycles. The van der Waals surface area contributed by atoms with Crippen molar-refractivity contribution in [2.75, 3.05) is 4.90 Å². The van der Waals surface area contributed by atoms with Crippen molar-refractivity contribution in [2.45, 2.75) is 0 Å². The van der Waals surface area contributed by atoms with Crippen molar-refractivity contribution in [1.29, 1.82) is 0 Å². The van der Waals surface area contributed by atoms with Gasteiger partial charge < -0.3 is 9.47 Å². The highest BCUT2D eigenvalue weighted by molar-refractivity contribution is 6.14. The van der Waals surface area contributed by atoms with E-state index >= 15 is 0 Å². The normalized spacial score (nSPS) is 11.5. The van der Waals surface area contributed by atoms with Gasteiger partial charge >= 0.3 is 0 Å². The summed E-state index contributed by atoms with van der Waals surface area (Å²) in [5, 5.41) is 10.1. The number of fused-ring (bicyclic) bond motifs is 7. The standard InChI is InChI=1S/C60H40N2/c1-2-12-46-39-47(26-25-41(46)11-1)44-23-21-42(22-24-44)43-27-31-49(32-28-43)61(51-35-37-52(38-36-51)62-59-19-9-7-17-56(59)57-18-8-10-20-60(57)62)50-33-29-45(30-34-50)58-40-48-13-3-4-14-53(48)54-15-5-6-16-55(54)58/h1-40H.